The molecule has 0 aromatic heterocycles. The summed E-state index contributed by atoms with van der Waals surface area (Å²) in [5.74, 6) is -0.689. The molecule has 2 N–H and O–H groups in total. The lowest BCUT2D eigenvalue weighted by Gasteiger charge is -2.21. The number of carbonyl (C=O) groups excluding carboxylic acids is 1. The van der Waals surface area contributed by atoms with E-state index >= 15 is 0 Å². The molecule has 6 heteroatoms. The fourth-order valence-corrected chi connectivity index (χ4v) is 1.91. The second-order valence-electron chi connectivity index (χ2n) is 4.61. The number of anilines is 1. The van der Waals surface area contributed by atoms with Crippen molar-refractivity contribution in [2.45, 2.75) is 31.5 Å². The first-order valence-corrected chi connectivity index (χ1v) is 6.12. The van der Waals surface area contributed by atoms with Crippen LogP contribution in [0.3, 0.4) is 0 Å². The molecule has 1 aliphatic carbocycles. The lowest BCUT2D eigenvalue weighted by Crippen LogP contribution is -2.48. The SMILES string of the molecule is CCNc1ccccc1C(=O)NC1(C(F)(F)F)CC1. The molecular formula is C13H15F3N2O. The van der Waals surface area contributed by atoms with Crippen LogP contribution in [0.5, 0.6) is 0 Å². The second kappa shape index (κ2) is 4.75. The molecule has 0 atom stereocenters. The van der Waals surface area contributed by atoms with Crippen molar-refractivity contribution in [3.63, 3.8) is 0 Å². The van der Waals surface area contributed by atoms with Gasteiger partial charge < -0.3 is 10.6 Å². The zero-order valence-electron chi connectivity index (χ0n) is 10.5. The van der Waals surface area contributed by atoms with Crippen molar-refractivity contribution in [2.24, 2.45) is 0 Å². The van der Waals surface area contributed by atoms with Crippen LogP contribution in [0.25, 0.3) is 0 Å². The van der Waals surface area contributed by atoms with E-state index in [1.54, 1.807) is 18.2 Å². The maximum atomic E-state index is 12.8. The molecule has 1 amide bonds. The van der Waals surface area contributed by atoms with E-state index in [1.165, 1.54) is 6.07 Å². The van der Waals surface area contributed by atoms with Crippen LogP contribution < -0.4 is 10.6 Å². The number of hydrogen-bond acceptors (Lipinski definition) is 2. The van der Waals surface area contributed by atoms with Crippen LogP contribution in [-0.4, -0.2) is 24.2 Å². The topological polar surface area (TPSA) is 41.1 Å². The monoisotopic (exact) mass is 272 g/mol. The molecule has 2 rings (SSSR count). The predicted molar refractivity (Wildman–Crippen MR) is 66.1 cm³/mol. The Bertz CT molecular complexity index is 481. The number of nitrogens with one attached hydrogen (secondary N) is 2. The number of benzene rings is 1. The van der Waals surface area contributed by atoms with Gasteiger partial charge in [0.25, 0.3) is 5.91 Å². The standard InChI is InChI=1S/C13H15F3N2O/c1-2-17-10-6-4-3-5-9(10)11(19)18-12(7-8-12)13(14,15)16/h3-6,17H,2,7-8H2,1H3,(H,18,19). The van der Waals surface area contributed by atoms with Gasteiger partial charge in [0, 0.05) is 12.2 Å². The number of amides is 1. The first kappa shape index (κ1) is 13.7. The van der Waals surface area contributed by atoms with Gasteiger partial charge in [0.2, 0.25) is 0 Å². The molecule has 0 radical (unpaired) electrons. The smallest absolute Gasteiger partial charge is 0.385 e. The summed E-state index contributed by atoms with van der Waals surface area (Å²) in [4.78, 5) is 12.0. The normalized spacial score (nSPS) is 16.8. The molecule has 1 fully saturated rings. The van der Waals surface area contributed by atoms with Crippen molar-refractivity contribution < 1.29 is 18.0 Å². The van der Waals surface area contributed by atoms with Crippen LogP contribution in [0, 0.1) is 0 Å². The summed E-state index contributed by atoms with van der Waals surface area (Å²) >= 11 is 0. The van der Waals surface area contributed by atoms with Crippen LogP contribution in [0.4, 0.5) is 18.9 Å². The highest BCUT2D eigenvalue weighted by Gasteiger charge is 2.64. The quantitative estimate of drug-likeness (QED) is 0.884. The molecule has 0 aliphatic heterocycles. The third kappa shape index (κ3) is 2.67. The average molecular weight is 272 g/mol. The zero-order chi connectivity index (χ0) is 14.1. The Labute approximate surface area is 109 Å². The van der Waals surface area contributed by atoms with Crippen LogP contribution in [0.1, 0.15) is 30.1 Å². The van der Waals surface area contributed by atoms with Gasteiger partial charge >= 0.3 is 6.18 Å². The van der Waals surface area contributed by atoms with Gasteiger partial charge in [-0.2, -0.15) is 13.2 Å². The fourth-order valence-electron chi connectivity index (χ4n) is 1.91. The third-order valence-corrected chi connectivity index (χ3v) is 3.18. The van der Waals surface area contributed by atoms with Crippen molar-refractivity contribution in [1.29, 1.82) is 0 Å². The first-order chi connectivity index (χ1) is 8.89. The lowest BCUT2D eigenvalue weighted by molar-refractivity contribution is -0.163. The summed E-state index contributed by atoms with van der Waals surface area (Å²) in [7, 11) is 0. The van der Waals surface area contributed by atoms with Crippen molar-refractivity contribution >= 4 is 11.6 Å². The van der Waals surface area contributed by atoms with Gasteiger partial charge in [0.1, 0.15) is 5.54 Å². The predicted octanol–water partition coefficient (Wildman–Crippen LogP) is 2.94. The molecule has 1 aromatic rings. The maximum absolute atomic E-state index is 12.8. The fraction of sp³-hybridized carbons (Fsp3) is 0.462. The van der Waals surface area contributed by atoms with E-state index in [4.69, 9.17) is 0 Å². The summed E-state index contributed by atoms with van der Waals surface area (Å²) in [6, 6.07) is 6.54. The number of rotatable bonds is 4. The molecular weight excluding hydrogens is 257 g/mol. The van der Waals surface area contributed by atoms with E-state index in [0.717, 1.165) is 0 Å². The van der Waals surface area contributed by atoms with Gasteiger partial charge in [-0.1, -0.05) is 12.1 Å². The minimum Gasteiger partial charge on any atom is -0.385 e. The van der Waals surface area contributed by atoms with E-state index < -0.39 is 17.6 Å². The number of hydrogen-bond donors (Lipinski definition) is 2. The van der Waals surface area contributed by atoms with Crippen molar-refractivity contribution in [3.05, 3.63) is 29.8 Å². The molecule has 0 bridgehead atoms. The Kier molecular flexibility index (Phi) is 3.43. The minimum absolute atomic E-state index is 0.0500. The summed E-state index contributed by atoms with van der Waals surface area (Å²) in [5.41, 5.74) is -1.25. The average Bonchev–Trinajstić information content (AvgIpc) is 3.10. The molecule has 19 heavy (non-hydrogen) atoms. The molecule has 3 nitrogen and oxygen atoms in total. The molecule has 1 saturated carbocycles. The number of carbonyl (C=O) groups is 1. The number of halogens is 3. The minimum atomic E-state index is -4.39. The Hall–Kier alpha value is -1.72. The van der Waals surface area contributed by atoms with Gasteiger partial charge in [0.05, 0.1) is 5.56 Å². The van der Waals surface area contributed by atoms with Crippen LogP contribution in [0.15, 0.2) is 24.3 Å². The van der Waals surface area contributed by atoms with Crippen molar-refractivity contribution in [3.8, 4) is 0 Å². The van der Waals surface area contributed by atoms with Gasteiger partial charge in [-0.15, -0.1) is 0 Å². The van der Waals surface area contributed by atoms with Crippen LogP contribution in [0.2, 0.25) is 0 Å². The highest BCUT2D eigenvalue weighted by atomic mass is 19.4. The molecule has 0 spiro atoms. The Morgan fingerprint density at radius 1 is 1.32 bits per heavy atom. The first-order valence-electron chi connectivity index (χ1n) is 6.12. The van der Waals surface area contributed by atoms with Gasteiger partial charge in [-0.3, -0.25) is 4.79 Å². The Morgan fingerprint density at radius 2 is 1.95 bits per heavy atom. The van der Waals surface area contributed by atoms with E-state index in [-0.39, 0.29) is 18.4 Å². The largest absolute Gasteiger partial charge is 0.411 e. The van der Waals surface area contributed by atoms with Gasteiger partial charge in [0.15, 0.2) is 0 Å². The molecule has 0 saturated heterocycles. The van der Waals surface area contributed by atoms with E-state index in [1.807, 2.05) is 6.92 Å². The zero-order valence-corrected chi connectivity index (χ0v) is 10.5. The Balaban J connectivity index is 2.17. The van der Waals surface area contributed by atoms with Crippen LogP contribution >= 0.6 is 0 Å². The summed E-state index contributed by atoms with van der Waals surface area (Å²) in [5, 5.41) is 5.08. The van der Waals surface area contributed by atoms with Crippen molar-refractivity contribution in [1.82, 2.24) is 5.32 Å². The molecule has 0 heterocycles. The Morgan fingerprint density at radius 3 is 2.47 bits per heavy atom. The second-order valence-corrected chi connectivity index (χ2v) is 4.61. The highest BCUT2D eigenvalue weighted by Crippen LogP contribution is 2.49. The van der Waals surface area contributed by atoms with Crippen LogP contribution in [-0.2, 0) is 0 Å². The van der Waals surface area contributed by atoms with Gasteiger partial charge in [-0.25, -0.2) is 0 Å². The molecule has 0 unspecified atom stereocenters. The number of alkyl halides is 3. The highest BCUT2D eigenvalue weighted by molar-refractivity contribution is 6.00. The van der Waals surface area contributed by atoms with E-state index in [2.05, 4.69) is 10.6 Å². The maximum Gasteiger partial charge on any atom is 0.411 e. The summed E-state index contributed by atoms with van der Waals surface area (Å²) in [6.45, 7) is 2.45. The van der Waals surface area contributed by atoms with E-state index in [9.17, 15) is 18.0 Å². The number of para-hydroxylation sites is 1. The molecule has 1 aromatic carbocycles. The molecule has 1 aliphatic rings. The molecule has 104 valence electrons. The summed E-state index contributed by atoms with van der Waals surface area (Å²) < 4.78 is 38.4. The third-order valence-electron chi connectivity index (χ3n) is 3.18. The van der Waals surface area contributed by atoms with Crippen molar-refractivity contribution in [2.75, 3.05) is 11.9 Å². The summed E-state index contributed by atoms with van der Waals surface area (Å²) in [6.07, 6.45) is -4.49. The van der Waals surface area contributed by atoms with E-state index in [0.29, 0.717) is 12.2 Å². The lowest BCUT2D eigenvalue weighted by atomic mass is 10.1. The van der Waals surface area contributed by atoms with Gasteiger partial charge in [-0.05, 0) is 31.9 Å².